The lowest BCUT2D eigenvalue weighted by Gasteiger charge is -2.41. The van der Waals surface area contributed by atoms with E-state index in [9.17, 15) is 0 Å². The Labute approximate surface area is 150 Å². The first-order valence-electron chi connectivity index (χ1n) is 8.87. The normalized spacial score (nSPS) is 19.3. The van der Waals surface area contributed by atoms with Crippen molar-refractivity contribution in [3.05, 3.63) is 22.4 Å². The van der Waals surface area contributed by atoms with E-state index in [-0.39, 0.29) is 5.54 Å². The molecular formula is C18H32N4OS. The summed E-state index contributed by atoms with van der Waals surface area (Å²) < 4.78 is 5.54. The van der Waals surface area contributed by atoms with Gasteiger partial charge < -0.3 is 20.3 Å². The number of nitrogens with zero attached hydrogens (tertiary/aromatic N) is 2. The Morgan fingerprint density at radius 2 is 2.12 bits per heavy atom. The van der Waals surface area contributed by atoms with Gasteiger partial charge in [0.15, 0.2) is 5.96 Å². The number of aliphatic imine (C=N–C) groups is 1. The number of hydrogen-bond donors (Lipinski definition) is 2. The number of rotatable bonds is 7. The fourth-order valence-corrected chi connectivity index (χ4v) is 3.77. The minimum atomic E-state index is 0.111. The Kier molecular flexibility index (Phi) is 7.52. The van der Waals surface area contributed by atoms with Gasteiger partial charge >= 0.3 is 0 Å². The van der Waals surface area contributed by atoms with Crippen LogP contribution in [0.5, 0.6) is 0 Å². The summed E-state index contributed by atoms with van der Waals surface area (Å²) in [7, 11) is 4.31. The summed E-state index contributed by atoms with van der Waals surface area (Å²) in [6.07, 6.45) is 2.07. The lowest BCUT2D eigenvalue weighted by molar-refractivity contribution is -0.00254. The zero-order chi connectivity index (χ0) is 17.4. The van der Waals surface area contributed by atoms with Crippen LogP contribution in [0.25, 0.3) is 0 Å². The number of likely N-dealkylation sites (N-methyl/N-ethyl adjacent to an activating group) is 1. The van der Waals surface area contributed by atoms with Crippen LogP contribution < -0.4 is 10.6 Å². The molecule has 2 N–H and O–H groups in total. The maximum absolute atomic E-state index is 5.54. The molecule has 0 spiro atoms. The summed E-state index contributed by atoms with van der Waals surface area (Å²) in [5.74, 6) is 1.39. The Morgan fingerprint density at radius 1 is 1.38 bits per heavy atom. The third-order valence-corrected chi connectivity index (χ3v) is 5.64. The molecule has 0 amide bonds. The number of ether oxygens (including phenoxy) is 1. The van der Waals surface area contributed by atoms with E-state index in [2.05, 4.69) is 60.3 Å². The SMILES string of the molecule is CCNC(=NCC1(N(C)C)CCOCC1)NCC(C)c1ccsc1. The maximum Gasteiger partial charge on any atom is 0.191 e. The van der Waals surface area contributed by atoms with Crippen molar-refractivity contribution in [1.29, 1.82) is 0 Å². The molecule has 24 heavy (non-hydrogen) atoms. The predicted molar refractivity (Wildman–Crippen MR) is 103 cm³/mol. The summed E-state index contributed by atoms with van der Waals surface area (Å²) in [5, 5.41) is 11.2. The van der Waals surface area contributed by atoms with Gasteiger partial charge in [-0.2, -0.15) is 11.3 Å². The van der Waals surface area contributed by atoms with Crippen LogP contribution in [-0.2, 0) is 4.74 Å². The van der Waals surface area contributed by atoms with Crippen LogP contribution in [0.1, 0.15) is 38.2 Å². The van der Waals surface area contributed by atoms with Gasteiger partial charge in [0.2, 0.25) is 0 Å². The molecule has 1 saturated heterocycles. The van der Waals surface area contributed by atoms with Gasteiger partial charge in [-0.15, -0.1) is 0 Å². The molecule has 1 aromatic rings. The maximum atomic E-state index is 5.54. The second kappa shape index (κ2) is 9.39. The smallest absolute Gasteiger partial charge is 0.191 e. The highest BCUT2D eigenvalue weighted by Gasteiger charge is 2.34. The van der Waals surface area contributed by atoms with Gasteiger partial charge in [0.1, 0.15) is 0 Å². The van der Waals surface area contributed by atoms with Crippen LogP contribution in [-0.4, -0.2) is 63.3 Å². The van der Waals surface area contributed by atoms with E-state index >= 15 is 0 Å². The fraction of sp³-hybridized carbons (Fsp3) is 0.722. The largest absolute Gasteiger partial charge is 0.381 e. The number of thiophene rings is 1. The fourth-order valence-electron chi connectivity index (χ4n) is 2.99. The van der Waals surface area contributed by atoms with Gasteiger partial charge in [-0.25, -0.2) is 0 Å². The first-order valence-corrected chi connectivity index (χ1v) is 9.81. The summed E-state index contributed by atoms with van der Waals surface area (Å²) in [6, 6.07) is 2.20. The van der Waals surface area contributed by atoms with Crippen LogP contribution in [0, 0.1) is 0 Å². The minimum absolute atomic E-state index is 0.111. The van der Waals surface area contributed by atoms with E-state index in [0.29, 0.717) is 5.92 Å². The van der Waals surface area contributed by atoms with Crippen molar-refractivity contribution < 1.29 is 4.74 Å². The molecule has 1 aromatic heterocycles. The molecule has 0 saturated carbocycles. The van der Waals surface area contributed by atoms with Gasteiger partial charge in [0.25, 0.3) is 0 Å². The van der Waals surface area contributed by atoms with Crippen LogP contribution in [0.2, 0.25) is 0 Å². The Bertz CT molecular complexity index is 495. The van der Waals surface area contributed by atoms with Crippen molar-refractivity contribution in [2.45, 2.75) is 38.1 Å². The molecule has 1 aliphatic heterocycles. The molecule has 136 valence electrons. The number of hydrogen-bond acceptors (Lipinski definition) is 4. The minimum Gasteiger partial charge on any atom is -0.381 e. The van der Waals surface area contributed by atoms with Crippen molar-refractivity contribution in [3.8, 4) is 0 Å². The van der Waals surface area contributed by atoms with E-state index in [1.54, 1.807) is 11.3 Å². The molecule has 2 rings (SSSR count). The van der Waals surface area contributed by atoms with E-state index in [1.807, 2.05) is 0 Å². The molecule has 0 bridgehead atoms. The summed E-state index contributed by atoms with van der Waals surface area (Å²) in [5.41, 5.74) is 1.50. The van der Waals surface area contributed by atoms with Crippen molar-refractivity contribution in [2.24, 2.45) is 4.99 Å². The lowest BCUT2D eigenvalue weighted by atomic mass is 9.89. The van der Waals surface area contributed by atoms with E-state index < -0.39 is 0 Å². The van der Waals surface area contributed by atoms with Gasteiger partial charge in [0.05, 0.1) is 6.54 Å². The Balaban J connectivity index is 1.96. The summed E-state index contributed by atoms with van der Waals surface area (Å²) >= 11 is 1.75. The Hall–Kier alpha value is -1.11. The van der Waals surface area contributed by atoms with Crippen molar-refractivity contribution in [2.75, 3.05) is 46.9 Å². The zero-order valence-electron chi connectivity index (χ0n) is 15.5. The van der Waals surface area contributed by atoms with Crippen LogP contribution in [0.3, 0.4) is 0 Å². The highest BCUT2D eigenvalue weighted by atomic mass is 32.1. The van der Waals surface area contributed by atoms with Crippen LogP contribution >= 0.6 is 11.3 Å². The molecule has 1 atom stereocenters. The average molecular weight is 353 g/mol. The molecule has 6 heteroatoms. The van der Waals surface area contributed by atoms with E-state index in [4.69, 9.17) is 9.73 Å². The molecule has 2 heterocycles. The molecule has 0 aliphatic carbocycles. The highest BCUT2D eigenvalue weighted by molar-refractivity contribution is 7.07. The van der Waals surface area contributed by atoms with Crippen LogP contribution in [0.15, 0.2) is 21.8 Å². The molecule has 1 unspecified atom stereocenters. The molecule has 0 radical (unpaired) electrons. The average Bonchev–Trinajstić information content (AvgIpc) is 3.12. The predicted octanol–water partition coefficient (Wildman–Crippen LogP) is 2.52. The van der Waals surface area contributed by atoms with Crippen molar-refractivity contribution in [1.82, 2.24) is 15.5 Å². The van der Waals surface area contributed by atoms with Gasteiger partial charge in [-0.05, 0) is 62.2 Å². The summed E-state index contributed by atoms with van der Waals surface area (Å²) in [6.45, 7) is 8.57. The summed E-state index contributed by atoms with van der Waals surface area (Å²) in [4.78, 5) is 7.20. The number of nitrogens with one attached hydrogen (secondary N) is 2. The van der Waals surface area contributed by atoms with Crippen molar-refractivity contribution in [3.63, 3.8) is 0 Å². The van der Waals surface area contributed by atoms with Crippen molar-refractivity contribution >= 4 is 17.3 Å². The molecule has 0 aromatic carbocycles. The first kappa shape index (κ1) is 19.2. The van der Waals surface area contributed by atoms with Gasteiger partial charge in [-0.1, -0.05) is 6.92 Å². The second-order valence-electron chi connectivity index (χ2n) is 6.76. The lowest BCUT2D eigenvalue weighted by Crippen LogP contribution is -2.51. The van der Waals surface area contributed by atoms with Crippen LogP contribution in [0.4, 0.5) is 0 Å². The zero-order valence-corrected chi connectivity index (χ0v) is 16.3. The van der Waals surface area contributed by atoms with E-state index in [1.165, 1.54) is 5.56 Å². The highest BCUT2D eigenvalue weighted by Crippen LogP contribution is 2.26. The quantitative estimate of drug-likeness (QED) is 0.585. The standard InChI is InChI=1S/C18H32N4OS/c1-5-19-17(20-12-15(2)16-6-11-24-13-16)21-14-18(22(3)4)7-9-23-10-8-18/h6,11,13,15H,5,7-10,12,14H2,1-4H3,(H2,19,20,21). The number of guanidine groups is 1. The third kappa shape index (κ3) is 5.19. The van der Waals surface area contributed by atoms with Gasteiger partial charge in [0, 0.05) is 31.8 Å². The first-order chi connectivity index (χ1) is 11.6. The molecule has 1 fully saturated rings. The Morgan fingerprint density at radius 3 is 2.71 bits per heavy atom. The topological polar surface area (TPSA) is 48.9 Å². The second-order valence-corrected chi connectivity index (χ2v) is 7.54. The molecule has 5 nitrogen and oxygen atoms in total. The molecule has 1 aliphatic rings. The monoisotopic (exact) mass is 352 g/mol. The third-order valence-electron chi connectivity index (χ3n) is 4.94. The molecular weight excluding hydrogens is 320 g/mol. The van der Waals surface area contributed by atoms with Gasteiger partial charge in [-0.3, -0.25) is 4.99 Å². The van der Waals surface area contributed by atoms with E-state index in [0.717, 1.165) is 51.6 Å².